The highest BCUT2D eigenvalue weighted by Crippen LogP contribution is 2.41. The molecule has 4 rings (SSSR count). The topological polar surface area (TPSA) is 73.7 Å². The van der Waals surface area contributed by atoms with Gasteiger partial charge in [-0.15, -0.1) is 0 Å². The summed E-state index contributed by atoms with van der Waals surface area (Å²) in [4.78, 5) is 33.4. The van der Waals surface area contributed by atoms with Crippen LogP contribution in [0.1, 0.15) is 31.2 Å². The molecule has 0 radical (unpaired) electrons. The molecule has 144 valence electrons. The van der Waals surface area contributed by atoms with Gasteiger partial charge in [-0.2, -0.15) is 0 Å². The van der Waals surface area contributed by atoms with Gasteiger partial charge in [0.2, 0.25) is 11.8 Å². The molecule has 1 saturated carbocycles. The number of carbonyl (C=O) groups excluding carboxylic acids is 2. The molecule has 1 unspecified atom stereocenters. The summed E-state index contributed by atoms with van der Waals surface area (Å²) in [6.07, 6.45) is 3.25. The first-order chi connectivity index (χ1) is 12.9. The van der Waals surface area contributed by atoms with E-state index in [1.807, 2.05) is 19.1 Å². The number of nitrogens with zero attached hydrogens (tertiary/aromatic N) is 3. The van der Waals surface area contributed by atoms with E-state index in [0.717, 1.165) is 35.0 Å². The monoisotopic (exact) mass is 387 g/mol. The molecule has 1 aromatic heterocycles. The number of anilines is 1. The van der Waals surface area contributed by atoms with Crippen LogP contribution in [-0.4, -0.2) is 53.5 Å². The van der Waals surface area contributed by atoms with Gasteiger partial charge in [-0.05, 0) is 37.5 Å². The average molecular weight is 388 g/mol. The van der Waals surface area contributed by atoms with Gasteiger partial charge >= 0.3 is 0 Å². The second-order valence-electron chi connectivity index (χ2n) is 8.08. The predicted molar refractivity (Wildman–Crippen MR) is 106 cm³/mol. The number of aromatic nitrogens is 1. The number of fused-ring (bicyclic) bond motifs is 1. The largest absolute Gasteiger partial charge is 0.396 e. The lowest BCUT2D eigenvalue weighted by atomic mass is 9.69. The van der Waals surface area contributed by atoms with E-state index >= 15 is 0 Å². The molecule has 2 amide bonds. The maximum absolute atomic E-state index is 12.9. The zero-order valence-electron chi connectivity index (χ0n) is 15.8. The van der Waals surface area contributed by atoms with E-state index < -0.39 is 0 Å². The van der Waals surface area contributed by atoms with Gasteiger partial charge in [-0.3, -0.25) is 14.5 Å². The Kier molecular flexibility index (Phi) is 4.68. The van der Waals surface area contributed by atoms with Crippen molar-refractivity contribution >= 4 is 38.5 Å². The first-order valence-corrected chi connectivity index (χ1v) is 10.3. The van der Waals surface area contributed by atoms with Crippen molar-refractivity contribution in [2.45, 2.75) is 32.6 Å². The van der Waals surface area contributed by atoms with Gasteiger partial charge in [0.25, 0.3) is 0 Å². The Labute approximate surface area is 162 Å². The fraction of sp³-hybridized carbons (Fsp3) is 0.550. The number of hydrogen-bond donors (Lipinski definition) is 1. The molecule has 1 aliphatic heterocycles. The Bertz CT molecular complexity index is 884. The summed E-state index contributed by atoms with van der Waals surface area (Å²) < 4.78 is 1.06. The summed E-state index contributed by atoms with van der Waals surface area (Å²) in [7, 11) is 1.78. The third-order valence-corrected chi connectivity index (χ3v) is 6.98. The van der Waals surface area contributed by atoms with Crippen LogP contribution in [0.2, 0.25) is 0 Å². The first kappa shape index (κ1) is 18.4. The molecule has 2 aliphatic rings. The SMILES string of the molecule is Cc1ccc2nc(N3CC(C(=O)N(C)CC4(CO)CCC4)CC3=O)sc2c1. The van der Waals surface area contributed by atoms with Crippen molar-refractivity contribution in [2.24, 2.45) is 11.3 Å². The Morgan fingerprint density at radius 3 is 2.89 bits per heavy atom. The average Bonchev–Trinajstić information content (AvgIpc) is 3.19. The summed E-state index contributed by atoms with van der Waals surface area (Å²) in [5, 5.41) is 10.3. The number of hydrogen-bond acceptors (Lipinski definition) is 5. The summed E-state index contributed by atoms with van der Waals surface area (Å²) in [6, 6.07) is 6.05. The van der Waals surface area contributed by atoms with Crippen LogP contribution < -0.4 is 4.90 Å². The fourth-order valence-electron chi connectivity index (χ4n) is 4.13. The predicted octanol–water partition coefficient (Wildman–Crippen LogP) is 2.58. The number of carbonyl (C=O) groups is 2. The highest BCUT2D eigenvalue weighted by atomic mass is 32.1. The summed E-state index contributed by atoms with van der Waals surface area (Å²) in [6.45, 7) is 3.09. The summed E-state index contributed by atoms with van der Waals surface area (Å²) in [5.41, 5.74) is 1.90. The van der Waals surface area contributed by atoms with E-state index in [-0.39, 0.29) is 36.2 Å². The Morgan fingerprint density at radius 2 is 2.22 bits per heavy atom. The standard InChI is InChI=1S/C20H25N3O3S/c1-13-4-5-15-16(8-13)27-19(21-15)23-10-14(9-17(23)25)18(26)22(2)11-20(12-24)6-3-7-20/h4-5,8,14,24H,3,6-7,9-12H2,1-2H3. The van der Waals surface area contributed by atoms with Gasteiger partial charge in [0, 0.05) is 32.0 Å². The molecule has 6 nitrogen and oxygen atoms in total. The van der Waals surface area contributed by atoms with E-state index in [1.165, 1.54) is 11.3 Å². The minimum atomic E-state index is -0.341. The van der Waals surface area contributed by atoms with Crippen molar-refractivity contribution < 1.29 is 14.7 Å². The zero-order chi connectivity index (χ0) is 19.2. The lowest BCUT2D eigenvalue weighted by Gasteiger charge is -2.43. The third-order valence-electron chi connectivity index (χ3n) is 5.94. The van der Waals surface area contributed by atoms with Crippen molar-refractivity contribution in [1.29, 1.82) is 0 Å². The second-order valence-corrected chi connectivity index (χ2v) is 9.09. The normalized spacial score (nSPS) is 21.5. The minimum Gasteiger partial charge on any atom is -0.396 e. The zero-order valence-corrected chi connectivity index (χ0v) is 16.6. The first-order valence-electron chi connectivity index (χ1n) is 9.44. The quantitative estimate of drug-likeness (QED) is 0.856. The Balaban J connectivity index is 1.47. The van der Waals surface area contributed by atoms with Gasteiger partial charge in [0.05, 0.1) is 22.7 Å². The number of thiazole rings is 1. The van der Waals surface area contributed by atoms with Crippen molar-refractivity contribution in [3.05, 3.63) is 23.8 Å². The summed E-state index contributed by atoms with van der Waals surface area (Å²) >= 11 is 1.50. The number of aliphatic hydroxyl groups excluding tert-OH is 1. The molecule has 1 atom stereocenters. The van der Waals surface area contributed by atoms with Gasteiger partial charge < -0.3 is 10.0 Å². The van der Waals surface area contributed by atoms with Gasteiger partial charge in [0.1, 0.15) is 0 Å². The number of aryl methyl sites for hydroxylation is 1. The molecule has 2 heterocycles. The van der Waals surface area contributed by atoms with Crippen LogP contribution in [0.3, 0.4) is 0 Å². The molecule has 2 aromatic rings. The molecule has 1 aromatic carbocycles. The molecule has 1 aliphatic carbocycles. The summed E-state index contributed by atoms with van der Waals surface area (Å²) in [5.74, 6) is -0.396. The molecule has 0 bridgehead atoms. The fourth-order valence-corrected chi connectivity index (χ4v) is 5.22. The molecule has 1 N–H and O–H groups in total. The minimum absolute atomic E-state index is 0.0115. The lowest BCUT2D eigenvalue weighted by molar-refractivity contribution is -0.137. The molecule has 0 spiro atoms. The number of rotatable bonds is 5. The third kappa shape index (κ3) is 3.34. The van der Waals surface area contributed by atoms with E-state index in [2.05, 4.69) is 11.1 Å². The van der Waals surface area contributed by atoms with E-state index in [0.29, 0.717) is 18.2 Å². The molecule has 1 saturated heterocycles. The Morgan fingerprint density at radius 1 is 1.44 bits per heavy atom. The highest BCUT2D eigenvalue weighted by Gasteiger charge is 2.42. The van der Waals surface area contributed by atoms with Crippen LogP contribution in [0.5, 0.6) is 0 Å². The van der Waals surface area contributed by atoms with Gasteiger partial charge in [-0.1, -0.05) is 23.8 Å². The molecular formula is C20H25N3O3S. The van der Waals surface area contributed by atoms with Crippen LogP contribution in [-0.2, 0) is 9.59 Å². The van der Waals surface area contributed by atoms with Gasteiger partial charge in [0.15, 0.2) is 5.13 Å². The maximum Gasteiger partial charge on any atom is 0.229 e. The Hall–Kier alpha value is -1.99. The number of aliphatic hydroxyl groups is 1. The smallest absolute Gasteiger partial charge is 0.229 e. The molecule has 27 heavy (non-hydrogen) atoms. The van der Waals surface area contributed by atoms with Crippen molar-refractivity contribution in [3.63, 3.8) is 0 Å². The maximum atomic E-state index is 12.9. The molecule has 2 fully saturated rings. The van der Waals surface area contributed by atoms with Crippen molar-refractivity contribution in [2.75, 3.05) is 31.6 Å². The number of amides is 2. The van der Waals surface area contributed by atoms with Crippen molar-refractivity contribution in [1.82, 2.24) is 9.88 Å². The van der Waals surface area contributed by atoms with Crippen LogP contribution in [0, 0.1) is 18.3 Å². The molecular weight excluding hydrogens is 362 g/mol. The van der Waals surface area contributed by atoms with Crippen LogP contribution >= 0.6 is 11.3 Å². The van der Waals surface area contributed by atoms with Gasteiger partial charge in [-0.25, -0.2) is 4.98 Å². The lowest BCUT2D eigenvalue weighted by Crippen LogP contribution is -2.47. The molecule has 7 heteroatoms. The van der Waals surface area contributed by atoms with E-state index in [1.54, 1.807) is 16.8 Å². The van der Waals surface area contributed by atoms with E-state index in [4.69, 9.17) is 0 Å². The van der Waals surface area contributed by atoms with Crippen molar-refractivity contribution in [3.8, 4) is 0 Å². The van der Waals surface area contributed by atoms with Crippen LogP contribution in [0.25, 0.3) is 10.2 Å². The number of benzene rings is 1. The van der Waals surface area contributed by atoms with E-state index in [9.17, 15) is 14.7 Å². The highest BCUT2D eigenvalue weighted by molar-refractivity contribution is 7.22. The second kappa shape index (κ2) is 6.87. The van der Waals surface area contributed by atoms with Crippen LogP contribution in [0.15, 0.2) is 18.2 Å². The van der Waals surface area contributed by atoms with Crippen LogP contribution in [0.4, 0.5) is 5.13 Å².